The molecule has 0 radical (unpaired) electrons. The summed E-state index contributed by atoms with van der Waals surface area (Å²) in [6.45, 7) is 0. The van der Waals surface area contributed by atoms with Gasteiger partial charge in [0.2, 0.25) is 0 Å². The number of hydrogen-bond donors (Lipinski definition) is 1. The van der Waals surface area contributed by atoms with Crippen molar-refractivity contribution in [2.75, 3.05) is 19.8 Å². The van der Waals surface area contributed by atoms with Gasteiger partial charge in [-0.05, 0) is 12.1 Å². The van der Waals surface area contributed by atoms with Gasteiger partial charge in [0.25, 0.3) is 0 Å². The zero-order valence-corrected chi connectivity index (χ0v) is 9.54. The van der Waals surface area contributed by atoms with Crippen LogP contribution in [0.5, 0.6) is 5.75 Å². The Morgan fingerprint density at radius 2 is 2.07 bits per heavy atom. The second-order valence-corrected chi connectivity index (χ2v) is 3.90. The number of nitrogens with two attached hydrogens (primary N) is 1. The Morgan fingerprint density at radius 1 is 1.43 bits per heavy atom. The first kappa shape index (κ1) is 10.8. The van der Waals surface area contributed by atoms with Crippen LogP contribution in [0.2, 0.25) is 0 Å². The molecule has 2 N–H and O–H groups in total. The van der Waals surface area contributed by atoms with Crippen LogP contribution in [0.4, 0.5) is 10.5 Å². The van der Waals surface area contributed by atoms with Crippen molar-refractivity contribution in [3.8, 4) is 5.75 Å². The smallest absolute Gasteiger partial charge is 0.410 e. The summed E-state index contributed by atoms with van der Waals surface area (Å²) in [5.74, 6) is 0.426. The Kier molecular flexibility index (Phi) is 3.35. The summed E-state index contributed by atoms with van der Waals surface area (Å²) in [7, 11) is 3.23. The SMILES string of the molecule is CN(C)C(=O)Oc1cc(N)cc(Br)c1. The van der Waals surface area contributed by atoms with Crippen molar-refractivity contribution >= 4 is 27.7 Å². The van der Waals surface area contributed by atoms with Crippen molar-refractivity contribution in [1.29, 1.82) is 0 Å². The normalized spacial score (nSPS) is 9.64. The lowest BCUT2D eigenvalue weighted by Crippen LogP contribution is -2.25. The zero-order chi connectivity index (χ0) is 10.7. The second kappa shape index (κ2) is 4.32. The molecule has 1 aromatic rings. The summed E-state index contributed by atoms with van der Waals surface area (Å²) < 4.78 is 5.79. The molecule has 1 aromatic carbocycles. The van der Waals surface area contributed by atoms with Gasteiger partial charge in [-0.1, -0.05) is 15.9 Å². The molecule has 1 amide bonds. The summed E-state index contributed by atoms with van der Waals surface area (Å²) in [4.78, 5) is 12.5. The van der Waals surface area contributed by atoms with Crippen molar-refractivity contribution in [2.24, 2.45) is 0 Å². The molecule has 0 heterocycles. The Bertz CT molecular complexity index is 332. The highest BCUT2D eigenvalue weighted by Crippen LogP contribution is 2.23. The Balaban J connectivity index is 2.82. The molecule has 0 fully saturated rings. The minimum Gasteiger partial charge on any atom is -0.410 e. The van der Waals surface area contributed by atoms with E-state index in [1.807, 2.05) is 0 Å². The van der Waals surface area contributed by atoms with E-state index in [0.717, 1.165) is 4.47 Å². The third kappa shape index (κ3) is 2.92. The maximum Gasteiger partial charge on any atom is 0.414 e. The van der Waals surface area contributed by atoms with Crippen LogP contribution in [0.25, 0.3) is 0 Å². The summed E-state index contributed by atoms with van der Waals surface area (Å²) in [6.07, 6.45) is -0.428. The van der Waals surface area contributed by atoms with Gasteiger partial charge in [-0.2, -0.15) is 0 Å². The molecule has 0 aliphatic carbocycles. The molecular formula is C9H11BrN2O2. The number of anilines is 1. The van der Waals surface area contributed by atoms with Gasteiger partial charge in [0.1, 0.15) is 5.75 Å². The molecule has 0 saturated heterocycles. The van der Waals surface area contributed by atoms with Gasteiger partial charge in [0, 0.05) is 30.3 Å². The molecule has 14 heavy (non-hydrogen) atoms. The van der Waals surface area contributed by atoms with Crippen LogP contribution in [-0.2, 0) is 0 Å². The minimum atomic E-state index is -0.428. The largest absolute Gasteiger partial charge is 0.414 e. The van der Waals surface area contributed by atoms with Gasteiger partial charge >= 0.3 is 6.09 Å². The highest BCUT2D eigenvalue weighted by Gasteiger charge is 2.07. The van der Waals surface area contributed by atoms with Crippen LogP contribution in [0.3, 0.4) is 0 Å². The van der Waals surface area contributed by atoms with E-state index in [0.29, 0.717) is 11.4 Å². The van der Waals surface area contributed by atoms with Crippen molar-refractivity contribution in [1.82, 2.24) is 4.90 Å². The molecule has 0 aliphatic rings. The molecule has 5 heteroatoms. The van der Waals surface area contributed by atoms with E-state index in [9.17, 15) is 4.79 Å². The van der Waals surface area contributed by atoms with Crippen molar-refractivity contribution < 1.29 is 9.53 Å². The molecule has 0 atom stereocenters. The Hall–Kier alpha value is -1.23. The van der Waals surface area contributed by atoms with E-state index >= 15 is 0 Å². The first-order valence-electron chi connectivity index (χ1n) is 3.94. The van der Waals surface area contributed by atoms with Gasteiger partial charge < -0.3 is 15.4 Å². The van der Waals surface area contributed by atoms with E-state index in [1.54, 1.807) is 32.3 Å². The van der Waals surface area contributed by atoms with Crippen LogP contribution in [0.15, 0.2) is 22.7 Å². The third-order valence-corrected chi connectivity index (χ3v) is 1.92. The number of rotatable bonds is 1. The molecule has 0 bridgehead atoms. The lowest BCUT2D eigenvalue weighted by molar-refractivity contribution is 0.172. The van der Waals surface area contributed by atoms with Gasteiger partial charge in [-0.25, -0.2) is 4.79 Å². The molecule has 0 saturated carbocycles. The van der Waals surface area contributed by atoms with E-state index in [1.165, 1.54) is 4.90 Å². The van der Waals surface area contributed by atoms with Crippen molar-refractivity contribution in [3.05, 3.63) is 22.7 Å². The molecule has 0 aromatic heterocycles. The van der Waals surface area contributed by atoms with Crippen LogP contribution < -0.4 is 10.5 Å². The van der Waals surface area contributed by atoms with Gasteiger partial charge in [-0.15, -0.1) is 0 Å². The second-order valence-electron chi connectivity index (χ2n) is 2.98. The highest BCUT2D eigenvalue weighted by molar-refractivity contribution is 9.10. The first-order chi connectivity index (χ1) is 6.49. The predicted molar refractivity (Wildman–Crippen MR) is 58.3 cm³/mol. The molecule has 0 aliphatic heterocycles. The predicted octanol–water partition coefficient (Wildman–Crippen LogP) is 2.09. The zero-order valence-electron chi connectivity index (χ0n) is 7.95. The molecule has 76 valence electrons. The van der Waals surface area contributed by atoms with Crippen LogP contribution >= 0.6 is 15.9 Å². The molecular weight excluding hydrogens is 248 g/mol. The van der Waals surface area contributed by atoms with Gasteiger partial charge in [0.15, 0.2) is 0 Å². The number of amides is 1. The van der Waals surface area contributed by atoms with Crippen LogP contribution in [0.1, 0.15) is 0 Å². The van der Waals surface area contributed by atoms with E-state index in [-0.39, 0.29) is 0 Å². The summed E-state index contributed by atoms with van der Waals surface area (Å²) in [6, 6.07) is 5.00. The molecule has 0 unspecified atom stereocenters. The third-order valence-electron chi connectivity index (χ3n) is 1.46. The molecule has 0 spiro atoms. The Labute approximate surface area is 90.8 Å². The number of nitrogens with zero attached hydrogens (tertiary/aromatic N) is 1. The van der Waals surface area contributed by atoms with E-state index < -0.39 is 6.09 Å². The average molecular weight is 259 g/mol. The number of benzene rings is 1. The van der Waals surface area contributed by atoms with Crippen molar-refractivity contribution in [2.45, 2.75) is 0 Å². The quantitative estimate of drug-likeness (QED) is 0.785. The summed E-state index contributed by atoms with van der Waals surface area (Å²) in [5, 5.41) is 0. The monoisotopic (exact) mass is 258 g/mol. The van der Waals surface area contributed by atoms with Gasteiger partial charge in [0.05, 0.1) is 0 Å². The standard InChI is InChI=1S/C9H11BrN2O2/c1-12(2)9(13)14-8-4-6(10)3-7(11)5-8/h3-5H,11H2,1-2H3. The fourth-order valence-corrected chi connectivity index (χ4v) is 1.33. The highest BCUT2D eigenvalue weighted by atomic mass is 79.9. The molecule has 1 rings (SSSR count). The lowest BCUT2D eigenvalue weighted by Gasteiger charge is -2.11. The first-order valence-corrected chi connectivity index (χ1v) is 4.73. The van der Waals surface area contributed by atoms with Gasteiger partial charge in [-0.3, -0.25) is 0 Å². The minimum absolute atomic E-state index is 0.426. The molecule has 4 nitrogen and oxygen atoms in total. The summed E-state index contributed by atoms with van der Waals surface area (Å²) in [5.41, 5.74) is 6.12. The number of nitrogen functional groups attached to an aromatic ring is 1. The number of ether oxygens (including phenoxy) is 1. The topological polar surface area (TPSA) is 55.6 Å². The fraction of sp³-hybridized carbons (Fsp3) is 0.222. The summed E-state index contributed by atoms with van der Waals surface area (Å²) >= 11 is 3.26. The van der Waals surface area contributed by atoms with Crippen molar-refractivity contribution in [3.63, 3.8) is 0 Å². The average Bonchev–Trinajstić information content (AvgIpc) is 2.01. The maximum atomic E-state index is 11.2. The number of hydrogen-bond acceptors (Lipinski definition) is 3. The number of carbonyl (C=O) groups is 1. The number of carbonyl (C=O) groups excluding carboxylic acids is 1. The lowest BCUT2D eigenvalue weighted by atomic mass is 10.3. The Morgan fingerprint density at radius 3 is 2.57 bits per heavy atom. The van der Waals surface area contributed by atoms with E-state index in [4.69, 9.17) is 10.5 Å². The van der Waals surface area contributed by atoms with E-state index in [2.05, 4.69) is 15.9 Å². The van der Waals surface area contributed by atoms with Crippen LogP contribution in [-0.4, -0.2) is 25.1 Å². The fourth-order valence-electron chi connectivity index (χ4n) is 0.835. The number of halogens is 1. The maximum absolute atomic E-state index is 11.2. The van der Waals surface area contributed by atoms with Crippen LogP contribution in [0, 0.1) is 0 Å².